The fourth-order valence-corrected chi connectivity index (χ4v) is 1.26. The first-order valence-electron chi connectivity index (χ1n) is 1.84. The van der Waals surface area contributed by atoms with Gasteiger partial charge in [-0.15, -0.1) is 0 Å². The molecule has 0 aliphatic carbocycles. The Kier molecular flexibility index (Phi) is 5.49. The SMILES string of the molecule is O=S(=O)(O)C=CS(=O)(=O)O.[Ag]. The molecule has 9 heteroatoms. The zero-order valence-corrected chi connectivity index (χ0v) is 7.92. The Hall–Kier alpha value is 0.300. The molecule has 0 saturated carbocycles. The van der Waals surface area contributed by atoms with E-state index in [4.69, 9.17) is 9.11 Å². The third kappa shape index (κ3) is 13.3. The van der Waals surface area contributed by atoms with Crippen molar-refractivity contribution in [2.75, 3.05) is 0 Å². The van der Waals surface area contributed by atoms with Crippen LogP contribution in [0, 0.1) is 0 Å². The van der Waals surface area contributed by atoms with Crippen LogP contribution in [0.4, 0.5) is 0 Å². The minimum atomic E-state index is -4.48. The van der Waals surface area contributed by atoms with Crippen LogP contribution in [-0.4, -0.2) is 25.9 Å². The van der Waals surface area contributed by atoms with Crippen molar-refractivity contribution in [3.05, 3.63) is 10.8 Å². The Morgan fingerprint density at radius 2 is 1.00 bits per heavy atom. The van der Waals surface area contributed by atoms with E-state index in [1.165, 1.54) is 0 Å². The van der Waals surface area contributed by atoms with Crippen LogP contribution in [0.5, 0.6) is 0 Å². The van der Waals surface area contributed by atoms with Gasteiger partial charge in [-0.05, 0) is 0 Å². The van der Waals surface area contributed by atoms with Crippen LogP contribution in [0.15, 0.2) is 10.8 Å². The molecule has 0 aromatic heterocycles. The smallest absolute Gasteiger partial charge is 0.282 e. The van der Waals surface area contributed by atoms with Gasteiger partial charge in [-0.1, -0.05) is 0 Å². The molecule has 0 aromatic carbocycles. The Balaban J connectivity index is 0. The molecular weight excluding hydrogens is 292 g/mol. The van der Waals surface area contributed by atoms with Gasteiger partial charge in [-0.25, -0.2) is 0 Å². The minimum Gasteiger partial charge on any atom is -0.282 e. The average molecular weight is 296 g/mol. The molecule has 71 valence electrons. The first-order chi connectivity index (χ1) is 4.21. The molecule has 0 spiro atoms. The average Bonchev–Trinajstić information content (AvgIpc) is 1.57. The number of hydrogen-bond donors (Lipinski definition) is 2. The van der Waals surface area contributed by atoms with Crippen LogP contribution in [0.2, 0.25) is 0 Å². The molecule has 1 radical (unpaired) electrons. The molecule has 6 nitrogen and oxygen atoms in total. The second-order valence-corrected chi connectivity index (χ2v) is 3.91. The summed E-state index contributed by atoms with van der Waals surface area (Å²) in [4.78, 5) is 0. The van der Waals surface area contributed by atoms with Crippen LogP contribution >= 0.6 is 0 Å². The quantitative estimate of drug-likeness (QED) is 0.511. The predicted molar refractivity (Wildman–Crippen MR) is 32.2 cm³/mol. The van der Waals surface area contributed by atoms with E-state index in [1.807, 2.05) is 0 Å². The number of rotatable bonds is 2. The Morgan fingerprint density at radius 1 is 0.818 bits per heavy atom. The molecule has 2 N–H and O–H groups in total. The fourth-order valence-electron chi connectivity index (χ4n) is 0.140. The maximum absolute atomic E-state index is 9.77. The third-order valence-corrected chi connectivity index (χ3v) is 1.53. The molecule has 0 heterocycles. The summed E-state index contributed by atoms with van der Waals surface area (Å²) in [7, 11) is -8.95. The minimum absolute atomic E-state index is 0. The molecule has 0 amide bonds. The van der Waals surface area contributed by atoms with Crippen LogP contribution < -0.4 is 0 Å². The second kappa shape index (κ2) is 4.36. The van der Waals surface area contributed by atoms with Gasteiger partial charge in [0.2, 0.25) is 0 Å². The van der Waals surface area contributed by atoms with Crippen molar-refractivity contribution < 1.29 is 48.3 Å². The van der Waals surface area contributed by atoms with Crippen molar-refractivity contribution in [3.63, 3.8) is 0 Å². The molecule has 11 heavy (non-hydrogen) atoms. The van der Waals surface area contributed by atoms with Crippen molar-refractivity contribution >= 4 is 20.2 Å². The van der Waals surface area contributed by atoms with E-state index >= 15 is 0 Å². The topological polar surface area (TPSA) is 109 Å². The summed E-state index contributed by atoms with van der Waals surface area (Å²) >= 11 is 0. The van der Waals surface area contributed by atoms with E-state index in [0.29, 0.717) is 0 Å². The van der Waals surface area contributed by atoms with Gasteiger partial charge in [0, 0.05) is 22.4 Å². The van der Waals surface area contributed by atoms with E-state index in [0.717, 1.165) is 0 Å². The zero-order valence-electron chi connectivity index (χ0n) is 4.80. The van der Waals surface area contributed by atoms with Crippen LogP contribution in [0.25, 0.3) is 0 Å². The molecule has 0 unspecified atom stereocenters. The largest absolute Gasteiger partial charge is 0.288 e. The van der Waals surface area contributed by atoms with Gasteiger partial charge < -0.3 is 0 Å². The molecule has 0 fully saturated rings. The normalized spacial score (nSPS) is 12.9. The van der Waals surface area contributed by atoms with Crippen molar-refractivity contribution in [3.8, 4) is 0 Å². The van der Waals surface area contributed by atoms with Gasteiger partial charge in [0.05, 0.1) is 10.8 Å². The van der Waals surface area contributed by atoms with E-state index in [1.54, 1.807) is 0 Å². The molecular formula is C2H4AgO6S2. The first kappa shape index (κ1) is 13.9. The Labute approximate surface area is 79.3 Å². The Morgan fingerprint density at radius 3 is 1.09 bits per heavy atom. The van der Waals surface area contributed by atoms with Crippen molar-refractivity contribution in [1.29, 1.82) is 0 Å². The molecule has 0 saturated heterocycles. The van der Waals surface area contributed by atoms with Gasteiger partial charge in [0.25, 0.3) is 20.2 Å². The van der Waals surface area contributed by atoms with E-state index in [9.17, 15) is 16.8 Å². The maximum Gasteiger partial charge on any atom is 0.288 e. The van der Waals surface area contributed by atoms with Gasteiger partial charge in [-0.2, -0.15) is 16.8 Å². The Bertz CT molecular complexity index is 288. The van der Waals surface area contributed by atoms with Crippen LogP contribution in [-0.2, 0) is 42.6 Å². The van der Waals surface area contributed by atoms with Gasteiger partial charge >= 0.3 is 0 Å². The molecule has 0 aliphatic rings. The van der Waals surface area contributed by atoms with Crippen molar-refractivity contribution in [2.45, 2.75) is 0 Å². The summed E-state index contributed by atoms with van der Waals surface area (Å²) in [6.45, 7) is 0. The summed E-state index contributed by atoms with van der Waals surface area (Å²) in [6, 6.07) is 0. The molecule has 0 atom stereocenters. The first-order valence-corrected chi connectivity index (χ1v) is 4.84. The van der Waals surface area contributed by atoms with E-state index in [2.05, 4.69) is 0 Å². The number of hydrogen-bond acceptors (Lipinski definition) is 4. The molecule has 0 aliphatic heterocycles. The van der Waals surface area contributed by atoms with Crippen molar-refractivity contribution in [1.82, 2.24) is 0 Å². The van der Waals surface area contributed by atoms with E-state index < -0.39 is 20.2 Å². The van der Waals surface area contributed by atoms with Crippen LogP contribution in [0.3, 0.4) is 0 Å². The third-order valence-electron chi connectivity index (χ3n) is 0.399. The van der Waals surface area contributed by atoms with Gasteiger partial charge in [0.1, 0.15) is 0 Å². The van der Waals surface area contributed by atoms with Crippen LogP contribution in [0.1, 0.15) is 0 Å². The summed E-state index contributed by atoms with van der Waals surface area (Å²) < 4.78 is 54.9. The maximum atomic E-state index is 9.77. The monoisotopic (exact) mass is 295 g/mol. The standard InChI is InChI=1S/C2H4O6S2.Ag/c3-9(4,5)1-2-10(6,7)8;/h1-2H,(H,3,4,5)(H,6,7,8);. The predicted octanol–water partition coefficient (Wildman–Crippen LogP) is -0.769. The second-order valence-electron chi connectivity index (χ2n) is 1.30. The molecule has 0 rings (SSSR count). The van der Waals surface area contributed by atoms with Gasteiger partial charge in [0.15, 0.2) is 0 Å². The summed E-state index contributed by atoms with van der Waals surface area (Å²) in [5.74, 6) is 0. The summed E-state index contributed by atoms with van der Waals surface area (Å²) in [5, 5.41) is -0.0787. The fraction of sp³-hybridized carbons (Fsp3) is 0. The zero-order chi connectivity index (χ0) is 8.41. The summed E-state index contributed by atoms with van der Waals surface area (Å²) in [5.41, 5.74) is 0. The summed E-state index contributed by atoms with van der Waals surface area (Å²) in [6.07, 6.45) is 0. The van der Waals surface area contributed by atoms with Crippen molar-refractivity contribution in [2.24, 2.45) is 0 Å². The molecule has 0 bridgehead atoms. The van der Waals surface area contributed by atoms with Gasteiger partial charge in [-0.3, -0.25) is 9.11 Å². The van der Waals surface area contributed by atoms with E-state index in [-0.39, 0.29) is 33.2 Å². The molecule has 0 aromatic rings.